The smallest absolute Gasteiger partial charge is 0.267 e. The molecule has 0 aliphatic carbocycles. The molecule has 4 rings (SSSR count). The summed E-state index contributed by atoms with van der Waals surface area (Å²) in [6, 6.07) is 4.49. The number of likely N-dealkylation sites (tertiary alicyclic amines) is 1. The van der Waals surface area contributed by atoms with Gasteiger partial charge in [-0.3, -0.25) is 4.79 Å². The number of carbonyl (C=O) groups excluding carboxylic acids is 1. The van der Waals surface area contributed by atoms with Crippen molar-refractivity contribution in [1.29, 1.82) is 0 Å². The fourth-order valence-corrected chi connectivity index (χ4v) is 3.72. The second kappa shape index (κ2) is 5.90. The normalized spacial score (nSPS) is 18.2. The molecule has 1 fully saturated rings. The lowest BCUT2D eigenvalue weighted by Gasteiger charge is -2.32. The van der Waals surface area contributed by atoms with Gasteiger partial charge in [0.05, 0.1) is 17.3 Å². The highest BCUT2D eigenvalue weighted by molar-refractivity contribution is 7.07. The lowest BCUT2D eigenvalue weighted by molar-refractivity contribution is 0.0678. The molecule has 0 radical (unpaired) electrons. The van der Waals surface area contributed by atoms with Crippen LogP contribution in [0.3, 0.4) is 0 Å². The zero-order chi connectivity index (χ0) is 16.7. The second-order valence-corrected chi connectivity index (χ2v) is 6.66. The van der Waals surface area contributed by atoms with E-state index in [1.165, 1.54) is 12.1 Å². The Kier molecular flexibility index (Phi) is 3.72. The summed E-state index contributed by atoms with van der Waals surface area (Å²) < 4.78 is 18.9. The standard InChI is InChI=1S/C15H15FN6OS/c1-9-14(24-20-17-9)15(23)21-6-2-3-11(8-21)22-13-5-4-10(16)7-12(13)18-19-22/h4-5,7,11H,2-3,6,8H2,1H3/t11-/m0/s1. The summed E-state index contributed by atoms with van der Waals surface area (Å²) in [5, 5.41) is 12.1. The van der Waals surface area contributed by atoms with Crippen molar-refractivity contribution >= 4 is 28.5 Å². The first-order valence-corrected chi connectivity index (χ1v) is 8.49. The number of amides is 1. The highest BCUT2D eigenvalue weighted by atomic mass is 32.1. The van der Waals surface area contributed by atoms with Crippen molar-refractivity contribution in [3.05, 3.63) is 34.6 Å². The third-order valence-electron chi connectivity index (χ3n) is 4.31. The molecule has 0 unspecified atom stereocenters. The maximum absolute atomic E-state index is 13.3. The van der Waals surface area contributed by atoms with Gasteiger partial charge in [0, 0.05) is 19.2 Å². The van der Waals surface area contributed by atoms with Crippen LogP contribution in [0.1, 0.15) is 34.2 Å². The molecule has 1 aliphatic rings. The van der Waals surface area contributed by atoms with Gasteiger partial charge in [-0.25, -0.2) is 9.07 Å². The van der Waals surface area contributed by atoms with E-state index in [0.29, 0.717) is 29.2 Å². The van der Waals surface area contributed by atoms with Crippen LogP contribution in [0, 0.1) is 12.7 Å². The molecule has 9 heteroatoms. The minimum atomic E-state index is -0.330. The predicted octanol–water partition coefficient (Wildman–Crippen LogP) is 2.21. The third-order valence-corrected chi connectivity index (χ3v) is 5.12. The van der Waals surface area contributed by atoms with Crippen molar-refractivity contribution in [2.75, 3.05) is 13.1 Å². The minimum Gasteiger partial charge on any atom is -0.336 e. The van der Waals surface area contributed by atoms with Crippen LogP contribution in [0.15, 0.2) is 18.2 Å². The number of carbonyl (C=O) groups is 1. The summed E-state index contributed by atoms with van der Waals surface area (Å²) in [5.41, 5.74) is 1.97. The van der Waals surface area contributed by atoms with Gasteiger partial charge in [-0.05, 0) is 43.4 Å². The molecule has 0 saturated carbocycles. The van der Waals surface area contributed by atoms with Crippen molar-refractivity contribution in [2.24, 2.45) is 0 Å². The van der Waals surface area contributed by atoms with Crippen LogP contribution in [0.4, 0.5) is 4.39 Å². The van der Waals surface area contributed by atoms with Crippen LogP contribution in [0.5, 0.6) is 0 Å². The number of nitrogens with zero attached hydrogens (tertiary/aromatic N) is 6. The highest BCUT2D eigenvalue weighted by Gasteiger charge is 2.29. The molecule has 2 aromatic heterocycles. The molecular formula is C15H15FN6OS. The molecule has 124 valence electrons. The second-order valence-electron chi connectivity index (χ2n) is 5.90. The van der Waals surface area contributed by atoms with Crippen LogP contribution in [0.25, 0.3) is 11.0 Å². The van der Waals surface area contributed by atoms with Crippen LogP contribution in [-0.2, 0) is 0 Å². The van der Waals surface area contributed by atoms with Crippen LogP contribution >= 0.6 is 11.5 Å². The number of halogens is 1. The molecule has 0 spiro atoms. The number of aryl methyl sites for hydroxylation is 1. The maximum atomic E-state index is 13.3. The van der Waals surface area contributed by atoms with Crippen molar-refractivity contribution < 1.29 is 9.18 Å². The van der Waals surface area contributed by atoms with Crippen molar-refractivity contribution in [1.82, 2.24) is 29.5 Å². The number of hydrogen-bond acceptors (Lipinski definition) is 6. The monoisotopic (exact) mass is 346 g/mol. The number of aromatic nitrogens is 5. The molecule has 0 N–H and O–H groups in total. The minimum absolute atomic E-state index is 0.0272. The van der Waals surface area contributed by atoms with E-state index >= 15 is 0 Å². The number of benzene rings is 1. The Balaban J connectivity index is 1.60. The summed E-state index contributed by atoms with van der Waals surface area (Å²) in [7, 11) is 0. The molecule has 3 heterocycles. The Labute approximate surface area is 141 Å². The van der Waals surface area contributed by atoms with E-state index in [1.54, 1.807) is 17.7 Å². The topological polar surface area (TPSA) is 76.8 Å². The average Bonchev–Trinajstić information content (AvgIpc) is 3.20. The molecule has 1 amide bonds. The van der Waals surface area contributed by atoms with Gasteiger partial charge in [0.15, 0.2) is 0 Å². The third kappa shape index (κ3) is 2.54. The van der Waals surface area contributed by atoms with Gasteiger partial charge in [-0.2, -0.15) is 0 Å². The Hall–Kier alpha value is -2.42. The summed E-state index contributed by atoms with van der Waals surface area (Å²) in [6.07, 6.45) is 1.78. The van der Waals surface area contributed by atoms with E-state index < -0.39 is 0 Å². The van der Waals surface area contributed by atoms with Gasteiger partial charge in [-0.1, -0.05) is 9.70 Å². The summed E-state index contributed by atoms with van der Waals surface area (Å²) >= 11 is 1.13. The van der Waals surface area contributed by atoms with E-state index in [9.17, 15) is 9.18 Å². The number of piperidine rings is 1. The molecule has 1 aromatic carbocycles. The quantitative estimate of drug-likeness (QED) is 0.711. The molecule has 7 nitrogen and oxygen atoms in total. The van der Waals surface area contributed by atoms with E-state index in [1.807, 2.05) is 4.90 Å². The first kappa shape index (κ1) is 15.1. The van der Waals surface area contributed by atoms with E-state index in [-0.39, 0.29) is 17.8 Å². The summed E-state index contributed by atoms with van der Waals surface area (Å²) in [5.74, 6) is -0.370. The molecule has 24 heavy (non-hydrogen) atoms. The van der Waals surface area contributed by atoms with Crippen LogP contribution < -0.4 is 0 Å². The van der Waals surface area contributed by atoms with Crippen LogP contribution in [-0.4, -0.2) is 48.5 Å². The first-order valence-electron chi connectivity index (χ1n) is 7.72. The lowest BCUT2D eigenvalue weighted by atomic mass is 10.1. The van der Waals surface area contributed by atoms with Crippen molar-refractivity contribution in [3.8, 4) is 0 Å². The lowest BCUT2D eigenvalue weighted by Crippen LogP contribution is -2.40. The zero-order valence-corrected chi connectivity index (χ0v) is 13.8. The van der Waals surface area contributed by atoms with Crippen molar-refractivity contribution in [3.63, 3.8) is 0 Å². The molecular weight excluding hydrogens is 331 g/mol. The number of hydrogen-bond donors (Lipinski definition) is 0. The van der Waals surface area contributed by atoms with Gasteiger partial charge in [0.25, 0.3) is 5.91 Å². The van der Waals surface area contributed by atoms with E-state index in [4.69, 9.17) is 0 Å². The predicted molar refractivity (Wildman–Crippen MR) is 86.3 cm³/mol. The number of rotatable bonds is 2. The van der Waals surface area contributed by atoms with Gasteiger partial charge >= 0.3 is 0 Å². The SMILES string of the molecule is Cc1nnsc1C(=O)N1CCC[C@H](n2nnc3cc(F)ccc32)C1. The van der Waals surface area contributed by atoms with E-state index in [0.717, 1.165) is 29.9 Å². The molecule has 1 aliphatic heterocycles. The van der Waals surface area contributed by atoms with Gasteiger partial charge < -0.3 is 4.90 Å². The number of fused-ring (bicyclic) bond motifs is 1. The Morgan fingerprint density at radius 1 is 1.38 bits per heavy atom. The van der Waals surface area contributed by atoms with Gasteiger partial charge in [-0.15, -0.1) is 10.2 Å². The fourth-order valence-electron chi connectivity index (χ4n) is 3.09. The molecule has 1 atom stereocenters. The maximum Gasteiger partial charge on any atom is 0.267 e. The first-order chi connectivity index (χ1) is 11.6. The van der Waals surface area contributed by atoms with Gasteiger partial charge in [0.1, 0.15) is 16.2 Å². The van der Waals surface area contributed by atoms with Crippen molar-refractivity contribution in [2.45, 2.75) is 25.8 Å². The fraction of sp³-hybridized carbons (Fsp3) is 0.400. The molecule has 3 aromatic rings. The highest BCUT2D eigenvalue weighted by Crippen LogP contribution is 2.26. The summed E-state index contributed by atoms with van der Waals surface area (Å²) in [4.78, 5) is 15.1. The Morgan fingerprint density at radius 2 is 2.25 bits per heavy atom. The molecule has 1 saturated heterocycles. The zero-order valence-electron chi connectivity index (χ0n) is 13.0. The summed E-state index contributed by atoms with van der Waals surface area (Å²) in [6.45, 7) is 3.04. The van der Waals surface area contributed by atoms with Crippen LogP contribution in [0.2, 0.25) is 0 Å². The largest absolute Gasteiger partial charge is 0.336 e. The molecule has 0 bridgehead atoms. The Morgan fingerprint density at radius 3 is 3.04 bits per heavy atom. The van der Waals surface area contributed by atoms with E-state index in [2.05, 4.69) is 19.9 Å². The van der Waals surface area contributed by atoms with Gasteiger partial charge in [0.2, 0.25) is 0 Å². The Bertz CT molecular complexity index is 906. The average molecular weight is 346 g/mol.